The summed E-state index contributed by atoms with van der Waals surface area (Å²) in [4.78, 5) is 18.4. The average molecular weight is 300 g/mol. The van der Waals surface area contributed by atoms with Gasteiger partial charge in [0.25, 0.3) is 0 Å². The summed E-state index contributed by atoms with van der Waals surface area (Å²) >= 11 is 0. The molecule has 1 aromatic carbocycles. The first-order valence-electron chi connectivity index (χ1n) is 7.35. The Bertz CT molecular complexity index is 668. The van der Waals surface area contributed by atoms with Gasteiger partial charge in [0.1, 0.15) is 12.4 Å². The van der Waals surface area contributed by atoms with Crippen LogP contribution in [0.2, 0.25) is 0 Å². The third-order valence-corrected chi connectivity index (χ3v) is 3.92. The molecule has 2 amide bonds. The van der Waals surface area contributed by atoms with E-state index >= 15 is 0 Å². The minimum atomic E-state index is -0.0889. The Balaban J connectivity index is 1.70. The molecule has 116 valence electrons. The van der Waals surface area contributed by atoms with Gasteiger partial charge in [-0.25, -0.2) is 9.78 Å². The molecule has 0 radical (unpaired) electrons. The molecule has 0 saturated carbocycles. The number of ether oxygens (including phenoxy) is 1. The fraction of sp³-hybridized carbons (Fsp3) is 0.375. The van der Waals surface area contributed by atoms with E-state index in [4.69, 9.17) is 4.74 Å². The standard InChI is InChI=1S/C16H20N4O2/c1-12-10-22-15-6-4-3-5-13(15)9-20(12)16(21)18-8-14-7-17-11-19(14)2/h3-7,11-12H,8-10H2,1-2H3,(H,18,21). The number of amides is 2. The highest BCUT2D eigenvalue weighted by Crippen LogP contribution is 2.24. The fourth-order valence-corrected chi connectivity index (χ4v) is 2.51. The molecule has 1 atom stereocenters. The third-order valence-electron chi connectivity index (χ3n) is 3.92. The Kier molecular flexibility index (Phi) is 4.00. The molecule has 0 spiro atoms. The molecule has 6 heteroatoms. The van der Waals surface area contributed by atoms with Gasteiger partial charge in [0.2, 0.25) is 0 Å². The molecular weight excluding hydrogens is 280 g/mol. The van der Waals surface area contributed by atoms with Crippen LogP contribution in [0.25, 0.3) is 0 Å². The predicted octanol–water partition coefficient (Wildman–Crippen LogP) is 1.91. The highest BCUT2D eigenvalue weighted by molar-refractivity contribution is 5.74. The van der Waals surface area contributed by atoms with Gasteiger partial charge in [0, 0.05) is 18.8 Å². The van der Waals surface area contributed by atoms with Gasteiger partial charge in [-0.3, -0.25) is 0 Å². The molecule has 22 heavy (non-hydrogen) atoms. The van der Waals surface area contributed by atoms with Crippen LogP contribution in [0.3, 0.4) is 0 Å². The lowest BCUT2D eigenvalue weighted by Gasteiger charge is -2.26. The molecule has 0 fully saturated rings. The van der Waals surface area contributed by atoms with E-state index in [0.717, 1.165) is 17.0 Å². The molecule has 6 nitrogen and oxygen atoms in total. The number of nitrogens with one attached hydrogen (secondary N) is 1. The Hall–Kier alpha value is -2.50. The van der Waals surface area contributed by atoms with Crippen LogP contribution in [0.15, 0.2) is 36.8 Å². The molecule has 0 bridgehead atoms. The van der Waals surface area contributed by atoms with Crippen molar-refractivity contribution < 1.29 is 9.53 Å². The van der Waals surface area contributed by atoms with Crippen molar-refractivity contribution >= 4 is 6.03 Å². The second-order valence-electron chi connectivity index (χ2n) is 5.55. The first kappa shape index (κ1) is 14.4. The van der Waals surface area contributed by atoms with Crippen molar-refractivity contribution in [2.24, 2.45) is 7.05 Å². The number of fused-ring (bicyclic) bond motifs is 1. The number of carbonyl (C=O) groups is 1. The summed E-state index contributed by atoms with van der Waals surface area (Å²) in [7, 11) is 1.91. The number of benzene rings is 1. The molecule has 3 rings (SSSR count). The maximum Gasteiger partial charge on any atom is 0.318 e. The van der Waals surface area contributed by atoms with Gasteiger partial charge < -0.3 is 19.5 Å². The smallest absolute Gasteiger partial charge is 0.318 e. The summed E-state index contributed by atoms with van der Waals surface area (Å²) < 4.78 is 7.67. The van der Waals surface area contributed by atoms with Gasteiger partial charge in [-0.05, 0) is 13.0 Å². The number of nitrogens with zero attached hydrogens (tertiary/aromatic N) is 3. The fourth-order valence-electron chi connectivity index (χ4n) is 2.51. The van der Waals surface area contributed by atoms with Crippen molar-refractivity contribution in [3.63, 3.8) is 0 Å². The second kappa shape index (κ2) is 6.09. The van der Waals surface area contributed by atoms with E-state index in [2.05, 4.69) is 10.3 Å². The Morgan fingerprint density at radius 3 is 3.05 bits per heavy atom. The summed E-state index contributed by atoms with van der Waals surface area (Å²) in [5.41, 5.74) is 2.00. The van der Waals surface area contributed by atoms with Crippen molar-refractivity contribution in [1.82, 2.24) is 19.8 Å². The summed E-state index contributed by atoms with van der Waals surface area (Å²) in [6, 6.07) is 7.77. The Morgan fingerprint density at radius 2 is 2.27 bits per heavy atom. The second-order valence-corrected chi connectivity index (χ2v) is 5.55. The minimum Gasteiger partial charge on any atom is -0.491 e. The number of carbonyl (C=O) groups excluding carboxylic acids is 1. The van der Waals surface area contributed by atoms with E-state index in [0.29, 0.717) is 19.7 Å². The average Bonchev–Trinajstić information content (AvgIpc) is 2.85. The van der Waals surface area contributed by atoms with Gasteiger partial charge in [-0.2, -0.15) is 0 Å². The van der Waals surface area contributed by atoms with Crippen molar-refractivity contribution in [3.05, 3.63) is 48.0 Å². The summed E-state index contributed by atoms with van der Waals surface area (Å²) in [6.45, 7) is 3.50. The van der Waals surface area contributed by atoms with Crippen LogP contribution in [-0.2, 0) is 20.1 Å². The monoisotopic (exact) mass is 300 g/mol. The minimum absolute atomic E-state index is 0.0129. The largest absolute Gasteiger partial charge is 0.491 e. The number of aryl methyl sites for hydroxylation is 1. The van der Waals surface area contributed by atoms with Gasteiger partial charge in [0.05, 0.1) is 31.2 Å². The number of hydrogen-bond donors (Lipinski definition) is 1. The molecule has 0 saturated heterocycles. The number of hydrogen-bond acceptors (Lipinski definition) is 3. The van der Waals surface area contributed by atoms with Crippen molar-refractivity contribution in [1.29, 1.82) is 0 Å². The lowest BCUT2D eigenvalue weighted by molar-refractivity contribution is 0.156. The first-order valence-corrected chi connectivity index (χ1v) is 7.35. The van der Waals surface area contributed by atoms with Crippen LogP contribution >= 0.6 is 0 Å². The van der Waals surface area contributed by atoms with E-state index in [1.54, 1.807) is 12.5 Å². The topological polar surface area (TPSA) is 59.4 Å². The van der Waals surface area contributed by atoms with Gasteiger partial charge >= 0.3 is 6.03 Å². The predicted molar refractivity (Wildman–Crippen MR) is 82.4 cm³/mol. The first-order chi connectivity index (χ1) is 10.6. The lowest BCUT2D eigenvalue weighted by Crippen LogP contribution is -2.45. The molecule has 1 aromatic heterocycles. The van der Waals surface area contributed by atoms with Crippen LogP contribution in [0.5, 0.6) is 5.75 Å². The van der Waals surface area contributed by atoms with Crippen LogP contribution < -0.4 is 10.1 Å². The van der Waals surface area contributed by atoms with E-state index in [-0.39, 0.29) is 12.1 Å². The molecule has 1 aliphatic rings. The zero-order valence-corrected chi connectivity index (χ0v) is 12.8. The van der Waals surface area contributed by atoms with Crippen molar-refractivity contribution in [3.8, 4) is 5.75 Å². The van der Waals surface area contributed by atoms with Crippen molar-refractivity contribution in [2.75, 3.05) is 6.61 Å². The van der Waals surface area contributed by atoms with E-state index in [9.17, 15) is 4.79 Å². The Labute approximate surface area is 129 Å². The zero-order chi connectivity index (χ0) is 15.5. The highest BCUT2D eigenvalue weighted by atomic mass is 16.5. The highest BCUT2D eigenvalue weighted by Gasteiger charge is 2.25. The maximum atomic E-state index is 12.5. The molecular formula is C16H20N4O2. The van der Waals surface area contributed by atoms with Crippen LogP contribution in [0.1, 0.15) is 18.2 Å². The number of aromatic nitrogens is 2. The van der Waals surface area contributed by atoms with E-state index < -0.39 is 0 Å². The molecule has 1 unspecified atom stereocenters. The molecule has 2 aromatic rings. The van der Waals surface area contributed by atoms with Crippen molar-refractivity contribution in [2.45, 2.75) is 26.1 Å². The zero-order valence-electron chi connectivity index (χ0n) is 12.8. The number of imidazole rings is 1. The van der Waals surface area contributed by atoms with Crippen LogP contribution in [0, 0.1) is 0 Å². The normalized spacial score (nSPS) is 17.4. The van der Waals surface area contributed by atoms with Crippen LogP contribution in [0.4, 0.5) is 4.79 Å². The number of urea groups is 1. The number of rotatable bonds is 2. The maximum absolute atomic E-state index is 12.5. The quantitative estimate of drug-likeness (QED) is 0.921. The van der Waals surface area contributed by atoms with Crippen LogP contribution in [-0.4, -0.2) is 33.1 Å². The third kappa shape index (κ3) is 2.90. The molecule has 2 heterocycles. The summed E-state index contributed by atoms with van der Waals surface area (Å²) in [6.07, 6.45) is 3.48. The Morgan fingerprint density at radius 1 is 1.45 bits per heavy atom. The van der Waals surface area contributed by atoms with E-state index in [1.165, 1.54) is 0 Å². The summed E-state index contributed by atoms with van der Waals surface area (Å²) in [5.74, 6) is 0.858. The molecule has 0 aliphatic carbocycles. The lowest BCUT2D eigenvalue weighted by atomic mass is 10.2. The molecule has 1 N–H and O–H groups in total. The number of para-hydroxylation sites is 1. The van der Waals surface area contributed by atoms with Gasteiger partial charge in [-0.1, -0.05) is 18.2 Å². The van der Waals surface area contributed by atoms with E-state index in [1.807, 2.05) is 47.7 Å². The summed E-state index contributed by atoms with van der Waals surface area (Å²) in [5, 5.41) is 2.96. The van der Waals surface area contributed by atoms with Gasteiger partial charge in [-0.15, -0.1) is 0 Å². The van der Waals surface area contributed by atoms with Gasteiger partial charge in [0.15, 0.2) is 0 Å². The SMILES string of the molecule is CC1COc2ccccc2CN1C(=O)NCc1cncn1C. The molecule has 1 aliphatic heterocycles.